The number of esters is 1. The van der Waals surface area contributed by atoms with Gasteiger partial charge in [-0.2, -0.15) is 0 Å². The molecule has 2 aliphatic heterocycles. The summed E-state index contributed by atoms with van der Waals surface area (Å²) in [4.78, 5) is 26.8. The zero-order chi connectivity index (χ0) is 23.7. The van der Waals surface area contributed by atoms with Crippen molar-refractivity contribution in [3.05, 3.63) is 53.4 Å². The van der Waals surface area contributed by atoms with E-state index in [0.29, 0.717) is 22.8 Å². The first kappa shape index (κ1) is 22.4. The first-order valence-corrected chi connectivity index (χ1v) is 11.7. The largest absolute Gasteiger partial charge is 0.497 e. The molecule has 1 aromatic carbocycles. The first-order valence-electron chi connectivity index (χ1n) is 11.7. The number of pyridine rings is 1. The van der Waals surface area contributed by atoms with E-state index in [1.165, 1.54) is 20.0 Å². The number of anilines is 2. The van der Waals surface area contributed by atoms with Crippen LogP contribution in [0.15, 0.2) is 41.5 Å². The van der Waals surface area contributed by atoms with E-state index in [1.807, 2.05) is 30.1 Å². The molecule has 0 radical (unpaired) electrons. The Morgan fingerprint density at radius 2 is 1.91 bits per heavy atom. The third-order valence-corrected chi connectivity index (χ3v) is 6.61. The summed E-state index contributed by atoms with van der Waals surface area (Å²) >= 11 is 0. The number of morpholine rings is 1. The summed E-state index contributed by atoms with van der Waals surface area (Å²) in [6.07, 6.45) is 4.99. The fourth-order valence-electron chi connectivity index (χ4n) is 4.48. The summed E-state index contributed by atoms with van der Waals surface area (Å²) in [5.41, 5.74) is 3.98. The lowest BCUT2D eigenvalue weighted by Crippen LogP contribution is -2.37. The van der Waals surface area contributed by atoms with Crippen LogP contribution in [0.25, 0.3) is 5.57 Å². The van der Waals surface area contributed by atoms with Crippen LogP contribution in [0.5, 0.6) is 5.75 Å². The lowest BCUT2D eigenvalue weighted by Gasteiger charge is -2.29. The molecule has 2 aromatic rings. The number of carbonyl (C=O) groups is 1. The highest BCUT2D eigenvalue weighted by molar-refractivity contribution is 6.22. The summed E-state index contributed by atoms with van der Waals surface area (Å²) in [5.74, 6) is 2.63. The standard InChI is InChI=1S/C26H30N4O4/c1-29-23-8-6-18(32-2)15-20(23)21(26(31)33-3)16-27-25(29)19-7-9-24(30-10-12-34-13-11-30)28-22(19)14-17-4-5-17/h6-9,15-17H,4-5,10-14H2,1-3H3. The monoisotopic (exact) mass is 462 g/mol. The Hall–Kier alpha value is -3.39. The molecule has 1 aliphatic carbocycles. The Labute approximate surface area is 199 Å². The van der Waals surface area contributed by atoms with Crippen LogP contribution < -0.4 is 14.5 Å². The Morgan fingerprint density at radius 1 is 1.12 bits per heavy atom. The van der Waals surface area contributed by atoms with Crippen molar-refractivity contribution in [1.29, 1.82) is 0 Å². The quantitative estimate of drug-likeness (QED) is 0.610. The van der Waals surface area contributed by atoms with Crippen molar-refractivity contribution in [2.75, 3.05) is 57.4 Å². The summed E-state index contributed by atoms with van der Waals surface area (Å²) in [6, 6.07) is 9.86. The van der Waals surface area contributed by atoms with E-state index in [2.05, 4.69) is 17.0 Å². The van der Waals surface area contributed by atoms with Gasteiger partial charge < -0.3 is 24.0 Å². The van der Waals surface area contributed by atoms with Gasteiger partial charge in [0.15, 0.2) is 0 Å². The summed E-state index contributed by atoms with van der Waals surface area (Å²) in [6.45, 7) is 3.13. The molecule has 34 heavy (non-hydrogen) atoms. The molecule has 3 aliphatic rings. The number of fused-ring (bicyclic) bond motifs is 1. The van der Waals surface area contributed by atoms with E-state index in [1.54, 1.807) is 13.3 Å². The lowest BCUT2D eigenvalue weighted by atomic mass is 10.0. The molecule has 1 saturated heterocycles. The van der Waals surface area contributed by atoms with E-state index in [9.17, 15) is 4.79 Å². The van der Waals surface area contributed by atoms with Crippen LogP contribution in [0.4, 0.5) is 11.5 Å². The van der Waals surface area contributed by atoms with E-state index < -0.39 is 5.97 Å². The Morgan fingerprint density at radius 3 is 2.62 bits per heavy atom. The smallest absolute Gasteiger partial charge is 0.340 e. The van der Waals surface area contributed by atoms with Gasteiger partial charge in [0.05, 0.1) is 44.4 Å². The molecule has 0 spiro atoms. The molecule has 178 valence electrons. The lowest BCUT2D eigenvalue weighted by molar-refractivity contribution is -0.133. The molecular formula is C26H30N4O4. The second-order valence-corrected chi connectivity index (χ2v) is 8.84. The maximum absolute atomic E-state index is 12.6. The average Bonchev–Trinajstić information content (AvgIpc) is 3.71. The molecule has 1 aromatic heterocycles. The SMILES string of the molecule is COC(=O)C1=CN=C(c2ccc(N3CCOCC3)nc2CC2CC2)N(C)c2ccc(OC)cc21. The second-order valence-electron chi connectivity index (χ2n) is 8.84. The highest BCUT2D eigenvalue weighted by Crippen LogP contribution is 2.37. The summed E-state index contributed by atoms with van der Waals surface area (Å²) in [5, 5.41) is 0. The van der Waals surface area contributed by atoms with Gasteiger partial charge in [0.1, 0.15) is 17.4 Å². The van der Waals surface area contributed by atoms with Gasteiger partial charge in [0.2, 0.25) is 0 Å². The maximum Gasteiger partial charge on any atom is 0.340 e. The van der Waals surface area contributed by atoms with Gasteiger partial charge in [-0.25, -0.2) is 14.8 Å². The van der Waals surface area contributed by atoms with Crippen LogP contribution in [0.3, 0.4) is 0 Å². The van der Waals surface area contributed by atoms with Gasteiger partial charge in [-0.1, -0.05) is 0 Å². The molecule has 0 N–H and O–H groups in total. The molecule has 2 fully saturated rings. The number of methoxy groups -OCH3 is 2. The Balaban J connectivity index is 1.59. The number of hydrogen-bond donors (Lipinski definition) is 0. The van der Waals surface area contributed by atoms with Crippen molar-refractivity contribution < 1.29 is 19.0 Å². The van der Waals surface area contributed by atoms with Gasteiger partial charge in [-0.3, -0.25) is 0 Å². The number of nitrogens with zero attached hydrogens (tertiary/aromatic N) is 4. The summed E-state index contributed by atoms with van der Waals surface area (Å²) < 4.78 is 16.0. The van der Waals surface area contributed by atoms with Crippen molar-refractivity contribution in [1.82, 2.24) is 4.98 Å². The second kappa shape index (κ2) is 9.46. The van der Waals surface area contributed by atoms with Gasteiger partial charge >= 0.3 is 5.97 Å². The third-order valence-electron chi connectivity index (χ3n) is 6.61. The number of amidine groups is 1. The fraction of sp³-hybridized carbons (Fsp3) is 0.423. The van der Waals surface area contributed by atoms with Crippen LogP contribution in [0.2, 0.25) is 0 Å². The number of ether oxygens (including phenoxy) is 3. The Bertz CT molecular complexity index is 1150. The van der Waals surface area contributed by atoms with E-state index in [-0.39, 0.29) is 0 Å². The van der Waals surface area contributed by atoms with E-state index in [4.69, 9.17) is 24.2 Å². The first-order chi connectivity index (χ1) is 16.6. The van der Waals surface area contributed by atoms with Crippen molar-refractivity contribution in [3.63, 3.8) is 0 Å². The number of aliphatic imine (C=N–C) groups is 1. The van der Waals surface area contributed by atoms with E-state index >= 15 is 0 Å². The van der Waals surface area contributed by atoms with Crippen LogP contribution in [-0.4, -0.2) is 64.4 Å². The zero-order valence-corrected chi connectivity index (χ0v) is 19.9. The number of aromatic nitrogens is 1. The van der Waals surface area contributed by atoms with Gasteiger partial charge in [-0.05, 0) is 55.5 Å². The van der Waals surface area contributed by atoms with Crippen LogP contribution in [-0.2, 0) is 20.7 Å². The van der Waals surface area contributed by atoms with Crippen molar-refractivity contribution in [2.45, 2.75) is 19.3 Å². The molecule has 0 unspecified atom stereocenters. The van der Waals surface area contributed by atoms with Crippen LogP contribution in [0.1, 0.15) is 29.7 Å². The number of benzene rings is 1. The highest BCUT2D eigenvalue weighted by atomic mass is 16.5. The highest BCUT2D eigenvalue weighted by Gasteiger charge is 2.29. The van der Waals surface area contributed by atoms with Gasteiger partial charge in [0.25, 0.3) is 0 Å². The molecule has 8 nitrogen and oxygen atoms in total. The minimum Gasteiger partial charge on any atom is -0.497 e. The van der Waals surface area contributed by atoms with E-state index in [0.717, 1.165) is 61.3 Å². The molecule has 0 bridgehead atoms. The molecule has 0 atom stereocenters. The molecule has 0 amide bonds. The minimum absolute atomic E-state index is 0.389. The number of rotatable bonds is 6. The Kier molecular flexibility index (Phi) is 6.24. The fourth-order valence-corrected chi connectivity index (χ4v) is 4.48. The zero-order valence-electron chi connectivity index (χ0n) is 19.9. The van der Waals surface area contributed by atoms with Gasteiger partial charge in [-0.15, -0.1) is 0 Å². The molecular weight excluding hydrogens is 432 g/mol. The van der Waals surface area contributed by atoms with Crippen LogP contribution >= 0.6 is 0 Å². The molecule has 5 rings (SSSR count). The molecule has 1 saturated carbocycles. The van der Waals surface area contributed by atoms with Crippen molar-refractivity contribution in [2.24, 2.45) is 10.9 Å². The molecule has 8 heteroatoms. The average molecular weight is 463 g/mol. The number of carbonyl (C=O) groups excluding carboxylic acids is 1. The summed E-state index contributed by atoms with van der Waals surface area (Å²) in [7, 11) is 4.96. The van der Waals surface area contributed by atoms with Gasteiger partial charge in [0, 0.05) is 37.5 Å². The topological polar surface area (TPSA) is 76.5 Å². The minimum atomic E-state index is -0.438. The van der Waals surface area contributed by atoms with Crippen molar-refractivity contribution in [3.8, 4) is 5.75 Å². The predicted octanol–water partition coefficient (Wildman–Crippen LogP) is 3.29. The maximum atomic E-state index is 12.6. The predicted molar refractivity (Wildman–Crippen MR) is 132 cm³/mol. The third kappa shape index (κ3) is 4.37. The molecule has 3 heterocycles. The van der Waals surface area contributed by atoms with Crippen molar-refractivity contribution >= 4 is 28.9 Å². The normalized spacial score (nSPS) is 18.0. The van der Waals surface area contributed by atoms with Crippen LogP contribution in [0, 0.1) is 5.92 Å². The number of hydrogen-bond acceptors (Lipinski definition) is 8.